The van der Waals surface area contributed by atoms with Gasteiger partial charge in [0.15, 0.2) is 0 Å². The molecule has 0 radical (unpaired) electrons. The Kier molecular flexibility index (Phi) is 4.00. The third-order valence-electron chi connectivity index (χ3n) is 1.91. The minimum absolute atomic E-state index is 0.277. The van der Waals surface area contributed by atoms with Crippen molar-refractivity contribution < 1.29 is 9.90 Å². The summed E-state index contributed by atoms with van der Waals surface area (Å²) in [7, 11) is 0. The van der Waals surface area contributed by atoms with Crippen LogP contribution in [0.1, 0.15) is 30.2 Å². The van der Waals surface area contributed by atoms with Gasteiger partial charge < -0.3 is 9.67 Å². The zero-order valence-electron chi connectivity index (χ0n) is 8.36. The van der Waals surface area contributed by atoms with Crippen molar-refractivity contribution in [2.75, 3.05) is 5.75 Å². The van der Waals surface area contributed by atoms with Gasteiger partial charge in [-0.3, -0.25) is 0 Å². The number of carbonyl (C=O) groups is 1. The summed E-state index contributed by atoms with van der Waals surface area (Å²) < 4.78 is 1.74. The quantitative estimate of drug-likeness (QED) is 0.812. The van der Waals surface area contributed by atoms with Crippen molar-refractivity contribution in [2.45, 2.75) is 26.1 Å². The Balaban J connectivity index is 2.89. The number of nitrogens with zero attached hydrogens (tertiary/aromatic N) is 2. The van der Waals surface area contributed by atoms with Gasteiger partial charge in [0.2, 0.25) is 0 Å². The lowest BCUT2D eigenvalue weighted by Crippen LogP contribution is -2.09. The average Bonchev–Trinajstić information content (AvgIpc) is 2.57. The predicted molar refractivity (Wildman–Crippen MR) is 56.7 cm³/mol. The van der Waals surface area contributed by atoms with Gasteiger partial charge in [-0.2, -0.15) is 11.8 Å². The van der Waals surface area contributed by atoms with E-state index in [1.807, 2.05) is 6.92 Å². The third kappa shape index (κ3) is 2.29. The molecule has 0 saturated heterocycles. The normalized spacial score (nSPS) is 10.4. The highest BCUT2D eigenvalue weighted by Gasteiger charge is 2.13. The molecule has 0 aliphatic rings. The maximum atomic E-state index is 10.8. The molecule has 14 heavy (non-hydrogen) atoms. The fourth-order valence-corrected chi connectivity index (χ4v) is 1.86. The van der Waals surface area contributed by atoms with Crippen LogP contribution in [-0.2, 0) is 12.3 Å². The summed E-state index contributed by atoms with van der Waals surface area (Å²) in [5, 5.41) is 8.87. The fraction of sp³-hybridized carbons (Fsp3) is 0.556. The second-order valence-electron chi connectivity index (χ2n) is 2.75. The number of carboxylic acid groups (broad SMARTS) is 1. The maximum absolute atomic E-state index is 10.8. The van der Waals surface area contributed by atoms with E-state index in [0.717, 1.165) is 17.3 Å². The van der Waals surface area contributed by atoms with Crippen LogP contribution in [0.3, 0.4) is 0 Å². The first-order valence-corrected chi connectivity index (χ1v) is 5.71. The highest BCUT2D eigenvalue weighted by Crippen LogP contribution is 2.13. The number of rotatable bonds is 5. The molecular weight excluding hydrogens is 200 g/mol. The second kappa shape index (κ2) is 5.05. The van der Waals surface area contributed by atoms with Crippen molar-refractivity contribution in [3.63, 3.8) is 0 Å². The van der Waals surface area contributed by atoms with Crippen LogP contribution in [0.5, 0.6) is 0 Å². The highest BCUT2D eigenvalue weighted by atomic mass is 32.2. The number of aromatic nitrogens is 2. The lowest BCUT2D eigenvalue weighted by atomic mass is 10.4. The van der Waals surface area contributed by atoms with E-state index in [-0.39, 0.29) is 5.69 Å². The molecule has 1 rings (SSSR count). The molecule has 0 aliphatic carbocycles. The Hall–Kier alpha value is -0.970. The van der Waals surface area contributed by atoms with E-state index in [2.05, 4.69) is 11.9 Å². The molecule has 4 nitrogen and oxygen atoms in total. The Bertz CT molecular complexity index is 323. The summed E-state index contributed by atoms with van der Waals surface area (Å²) in [4.78, 5) is 14.9. The van der Waals surface area contributed by atoms with E-state index in [0.29, 0.717) is 6.54 Å². The third-order valence-corrected chi connectivity index (χ3v) is 2.78. The van der Waals surface area contributed by atoms with Crippen LogP contribution in [0.2, 0.25) is 0 Å². The molecule has 1 aromatic rings. The molecule has 0 aliphatic heterocycles. The minimum Gasteiger partial charge on any atom is -0.477 e. The summed E-state index contributed by atoms with van der Waals surface area (Å²) in [6, 6.07) is 0. The van der Waals surface area contributed by atoms with E-state index >= 15 is 0 Å². The van der Waals surface area contributed by atoms with E-state index in [9.17, 15) is 4.79 Å². The van der Waals surface area contributed by atoms with Crippen molar-refractivity contribution in [1.82, 2.24) is 9.55 Å². The van der Waals surface area contributed by atoms with Crippen LogP contribution in [0.25, 0.3) is 0 Å². The van der Waals surface area contributed by atoms with Gasteiger partial charge in [0.1, 0.15) is 11.5 Å². The van der Waals surface area contributed by atoms with Crippen LogP contribution < -0.4 is 0 Å². The molecule has 0 atom stereocenters. The van der Waals surface area contributed by atoms with Crippen molar-refractivity contribution in [1.29, 1.82) is 0 Å². The maximum Gasteiger partial charge on any atom is 0.354 e. The fourth-order valence-electron chi connectivity index (χ4n) is 1.25. The molecule has 0 bridgehead atoms. The molecule has 0 amide bonds. The van der Waals surface area contributed by atoms with Crippen molar-refractivity contribution in [3.8, 4) is 0 Å². The first kappa shape index (κ1) is 11.1. The first-order valence-electron chi connectivity index (χ1n) is 4.56. The topological polar surface area (TPSA) is 55.1 Å². The van der Waals surface area contributed by atoms with E-state index < -0.39 is 5.97 Å². The molecular formula is C9H14N2O2S. The van der Waals surface area contributed by atoms with Crippen LogP contribution in [0, 0.1) is 0 Å². The second-order valence-corrected chi connectivity index (χ2v) is 4.02. The Morgan fingerprint density at radius 2 is 2.36 bits per heavy atom. The minimum atomic E-state index is -0.910. The molecule has 0 aromatic carbocycles. The molecule has 1 N–H and O–H groups in total. The largest absolute Gasteiger partial charge is 0.477 e. The highest BCUT2D eigenvalue weighted by molar-refractivity contribution is 7.98. The average molecular weight is 214 g/mol. The summed E-state index contributed by atoms with van der Waals surface area (Å²) in [6.45, 7) is 4.65. The van der Waals surface area contributed by atoms with Gasteiger partial charge in [-0.15, -0.1) is 0 Å². The van der Waals surface area contributed by atoms with Crippen molar-refractivity contribution >= 4 is 17.7 Å². The van der Waals surface area contributed by atoms with Gasteiger partial charge in [0, 0.05) is 6.54 Å². The number of imidazole rings is 1. The van der Waals surface area contributed by atoms with E-state index in [1.54, 1.807) is 16.3 Å². The SMILES string of the molecule is CCSCc1ncc(C(=O)O)n1CC. The van der Waals surface area contributed by atoms with Gasteiger partial charge >= 0.3 is 5.97 Å². The molecule has 0 spiro atoms. The summed E-state index contributed by atoms with van der Waals surface area (Å²) >= 11 is 1.74. The van der Waals surface area contributed by atoms with Crippen LogP contribution in [0.15, 0.2) is 6.20 Å². The number of aromatic carboxylic acids is 1. The van der Waals surface area contributed by atoms with Gasteiger partial charge in [-0.05, 0) is 12.7 Å². The number of thioether (sulfide) groups is 1. The van der Waals surface area contributed by atoms with E-state index in [4.69, 9.17) is 5.11 Å². The predicted octanol–water partition coefficient (Wildman–Crippen LogP) is 1.85. The number of hydrogen-bond donors (Lipinski definition) is 1. The molecule has 5 heteroatoms. The number of hydrogen-bond acceptors (Lipinski definition) is 3. The van der Waals surface area contributed by atoms with Gasteiger partial charge in [0.25, 0.3) is 0 Å². The summed E-state index contributed by atoms with van der Waals surface area (Å²) in [6.07, 6.45) is 1.43. The van der Waals surface area contributed by atoms with Crippen LogP contribution in [-0.4, -0.2) is 26.4 Å². The lowest BCUT2D eigenvalue weighted by Gasteiger charge is -2.05. The van der Waals surface area contributed by atoms with Crippen molar-refractivity contribution in [3.05, 3.63) is 17.7 Å². The van der Waals surface area contributed by atoms with Gasteiger partial charge in [-0.25, -0.2) is 9.78 Å². The lowest BCUT2D eigenvalue weighted by molar-refractivity contribution is 0.0685. The van der Waals surface area contributed by atoms with Gasteiger partial charge in [0.05, 0.1) is 11.9 Å². The Labute approximate surface area is 87.3 Å². The van der Waals surface area contributed by atoms with E-state index in [1.165, 1.54) is 6.20 Å². The summed E-state index contributed by atoms with van der Waals surface area (Å²) in [5.74, 6) is 1.72. The zero-order valence-corrected chi connectivity index (χ0v) is 9.17. The molecule has 0 saturated carbocycles. The Morgan fingerprint density at radius 1 is 1.64 bits per heavy atom. The molecule has 1 aromatic heterocycles. The smallest absolute Gasteiger partial charge is 0.354 e. The molecule has 78 valence electrons. The zero-order chi connectivity index (χ0) is 10.6. The van der Waals surface area contributed by atoms with Crippen LogP contribution in [0.4, 0.5) is 0 Å². The first-order chi connectivity index (χ1) is 6.70. The molecule has 0 fully saturated rings. The number of carboxylic acids is 1. The monoisotopic (exact) mass is 214 g/mol. The molecule has 1 heterocycles. The molecule has 0 unspecified atom stereocenters. The van der Waals surface area contributed by atoms with Gasteiger partial charge in [-0.1, -0.05) is 6.92 Å². The Morgan fingerprint density at radius 3 is 2.86 bits per heavy atom. The van der Waals surface area contributed by atoms with Crippen LogP contribution >= 0.6 is 11.8 Å². The summed E-state index contributed by atoms with van der Waals surface area (Å²) in [5.41, 5.74) is 0.277. The van der Waals surface area contributed by atoms with Crippen molar-refractivity contribution in [2.24, 2.45) is 0 Å². The standard InChI is InChI=1S/C9H14N2O2S/c1-3-11-7(9(12)13)5-10-8(11)6-14-4-2/h5H,3-4,6H2,1-2H3,(H,12,13).